The first-order valence-corrected chi connectivity index (χ1v) is 14.5. The summed E-state index contributed by atoms with van der Waals surface area (Å²) in [6, 6.07) is 15.1. The van der Waals surface area contributed by atoms with E-state index >= 15 is 0 Å². The molecule has 2 N–H and O–H groups in total. The standard InChI is InChI=1S/C33H35F4N3O3/c1-20-8-11-25(19-27(20)33(35,36)37)39-31(41)26-6-4-16-40(32(42)29-21(2)5-3-7-28(29)34)30(26)22-9-12-23(13-10-22)38-24-14-17-43-18-15-24/h3,5,7-13,19,24,26,30,38H,4,6,14-18H2,1-2H3,(H,39,41)/t26-,30-/m0/s1. The number of benzene rings is 3. The highest BCUT2D eigenvalue weighted by Crippen LogP contribution is 2.40. The van der Waals surface area contributed by atoms with Gasteiger partial charge in [-0.05, 0) is 86.6 Å². The number of hydrogen-bond donors (Lipinski definition) is 2. The number of piperidine rings is 1. The number of halogens is 4. The first kappa shape index (κ1) is 30.5. The van der Waals surface area contributed by atoms with Gasteiger partial charge in [-0.25, -0.2) is 4.39 Å². The molecule has 2 saturated heterocycles. The van der Waals surface area contributed by atoms with Crippen molar-refractivity contribution in [1.82, 2.24) is 4.90 Å². The third kappa shape index (κ3) is 6.85. The molecule has 0 radical (unpaired) electrons. The van der Waals surface area contributed by atoms with E-state index in [4.69, 9.17) is 4.74 Å². The van der Waals surface area contributed by atoms with Gasteiger partial charge in [0.25, 0.3) is 5.91 Å². The van der Waals surface area contributed by atoms with Gasteiger partial charge in [0.2, 0.25) is 5.91 Å². The number of likely N-dealkylation sites (tertiary alicyclic amines) is 1. The molecule has 2 aliphatic rings. The van der Waals surface area contributed by atoms with Gasteiger partial charge >= 0.3 is 6.18 Å². The van der Waals surface area contributed by atoms with Gasteiger partial charge in [0.1, 0.15) is 5.82 Å². The summed E-state index contributed by atoms with van der Waals surface area (Å²) >= 11 is 0. The Morgan fingerprint density at radius 1 is 0.907 bits per heavy atom. The van der Waals surface area contributed by atoms with Crippen molar-refractivity contribution in [1.29, 1.82) is 0 Å². The van der Waals surface area contributed by atoms with Crippen LogP contribution in [0.3, 0.4) is 0 Å². The molecule has 0 unspecified atom stereocenters. The van der Waals surface area contributed by atoms with Crippen molar-refractivity contribution < 1.29 is 31.9 Å². The van der Waals surface area contributed by atoms with Crippen LogP contribution in [0, 0.1) is 25.6 Å². The van der Waals surface area contributed by atoms with Crippen LogP contribution in [-0.4, -0.2) is 42.5 Å². The van der Waals surface area contributed by atoms with Crippen molar-refractivity contribution >= 4 is 23.2 Å². The molecule has 3 aromatic rings. The summed E-state index contributed by atoms with van der Waals surface area (Å²) < 4.78 is 61.0. The second-order valence-corrected chi connectivity index (χ2v) is 11.3. The molecule has 0 bridgehead atoms. The van der Waals surface area contributed by atoms with E-state index < -0.39 is 41.3 Å². The molecule has 3 aromatic carbocycles. The van der Waals surface area contributed by atoms with E-state index in [2.05, 4.69) is 10.6 Å². The molecule has 2 aliphatic heterocycles. The average Bonchev–Trinajstić information content (AvgIpc) is 2.98. The predicted molar refractivity (Wildman–Crippen MR) is 156 cm³/mol. The number of ether oxygens (including phenoxy) is 1. The predicted octanol–water partition coefficient (Wildman–Crippen LogP) is 7.28. The smallest absolute Gasteiger partial charge is 0.382 e. The molecule has 0 saturated carbocycles. The highest BCUT2D eigenvalue weighted by molar-refractivity contribution is 5.98. The molecule has 2 atom stereocenters. The van der Waals surface area contributed by atoms with Crippen molar-refractivity contribution in [2.45, 2.75) is 57.8 Å². The Balaban J connectivity index is 1.47. The third-order valence-electron chi connectivity index (χ3n) is 8.32. The minimum absolute atomic E-state index is 0.0195. The lowest BCUT2D eigenvalue weighted by Gasteiger charge is -2.41. The van der Waals surface area contributed by atoms with Crippen LogP contribution >= 0.6 is 0 Å². The van der Waals surface area contributed by atoms with Crippen LogP contribution in [0.1, 0.15) is 64.3 Å². The highest BCUT2D eigenvalue weighted by Gasteiger charge is 2.41. The topological polar surface area (TPSA) is 70.7 Å². The van der Waals surface area contributed by atoms with E-state index in [1.807, 2.05) is 24.3 Å². The van der Waals surface area contributed by atoms with E-state index in [-0.39, 0.29) is 22.9 Å². The van der Waals surface area contributed by atoms with Crippen molar-refractivity contribution in [3.63, 3.8) is 0 Å². The van der Waals surface area contributed by atoms with E-state index in [1.54, 1.807) is 13.0 Å². The van der Waals surface area contributed by atoms with Crippen LogP contribution in [0.2, 0.25) is 0 Å². The summed E-state index contributed by atoms with van der Waals surface area (Å²) in [6.07, 6.45) is -1.94. The fourth-order valence-corrected chi connectivity index (χ4v) is 6.05. The van der Waals surface area contributed by atoms with Crippen LogP contribution < -0.4 is 10.6 Å². The molecular weight excluding hydrogens is 562 g/mol. The molecule has 2 heterocycles. The number of anilines is 2. The molecule has 43 heavy (non-hydrogen) atoms. The minimum Gasteiger partial charge on any atom is -0.382 e. The van der Waals surface area contributed by atoms with Gasteiger partial charge in [0.05, 0.1) is 23.1 Å². The molecule has 5 rings (SSSR count). The number of hydrogen-bond acceptors (Lipinski definition) is 4. The van der Waals surface area contributed by atoms with Crippen molar-refractivity contribution in [3.05, 3.63) is 94.3 Å². The Morgan fingerprint density at radius 3 is 2.28 bits per heavy atom. The normalized spacial score (nSPS) is 19.6. The Labute approximate surface area is 248 Å². The maximum Gasteiger partial charge on any atom is 0.416 e. The lowest BCUT2D eigenvalue weighted by atomic mass is 9.83. The third-order valence-corrected chi connectivity index (χ3v) is 8.32. The lowest BCUT2D eigenvalue weighted by molar-refractivity contribution is -0.138. The summed E-state index contributed by atoms with van der Waals surface area (Å²) in [7, 11) is 0. The van der Waals surface area contributed by atoms with E-state index in [0.717, 1.165) is 24.6 Å². The number of rotatable bonds is 6. The summed E-state index contributed by atoms with van der Waals surface area (Å²) in [4.78, 5) is 29.1. The SMILES string of the molecule is Cc1ccc(NC(=O)[C@H]2CCCN(C(=O)c3c(C)cccc3F)[C@H]2c2ccc(NC3CCOCC3)cc2)cc1C(F)(F)F. The van der Waals surface area contributed by atoms with Gasteiger partial charge in [-0.1, -0.05) is 30.3 Å². The minimum atomic E-state index is -4.57. The van der Waals surface area contributed by atoms with Crippen LogP contribution in [0.4, 0.5) is 28.9 Å². The second kappa shape index (κ2) is 12.8. The number of carbonyl (C=O) groups excluding carboxylic acids is 2. The Kier molecular flexibility index (Phi) is 9.05. The number of aryl methyl sites for hydroxylation is 2. The van der Waals surface area contributed by atoms with Crippen LogP contribution in [-0.2, 0) is 15.7 Å². The van der Waals surface area contributed by atoms with Gasteiger partial charge in [0.15, 0.2) is 0 Å². The summed E-state index contributed by atoms with van der Waals surface area (Å²) in [5.41, 5.74) is 1.23. The number of amides is 2. The molecule has 6 nitrogen and oxygen atoms in total. The van der Waals surface area contributed by atoms with E-state index in [1.165, 1.54) is 36.1 Å². The van der Waals surface area contributed by atoms with Gasteiger partial charge in [-0.2, -0.15) is 13.2 Å². The molecule has 0 aliphatic carbocycles. The Morgan fingerprint density at radius 2 is 1.60 bits per heavy atom. The number of nitrogens with zero attached hydrogens (tertiary/aromatic N) is 1. The van der Waals surface area contributed by atoms with Gasteiger partial charge in [-0.15, -0.1) is 0 Å². The number of alkyl halides is 3. The second-order valence-electron chi connectivity index (χ2n) is 11.3. The largest absolute Gasteiger partial charge is 0.416 e. The van der Waals surface area contributed by atoms with Crippen LogP contribution in [0.15, 0.2) is 60.7 Å². The zero-order valence-corrected chi connectivity index (χ0v) is 24.1. The van der Waals surface area contributed by atoms with Gasteiger partial charge in [-0.3, -0.25) is 9.59 Å². The zero-order valence-electron chi connectivity index (χ0n) is 24.1. The maximum atomic E-state index is 14.9. The van der Waals surface area contributed by atoms with Crippen LogP contribution in [0.25, 0.3) is 0 Å². The average molecular weight is 598 g/mol. The lowest BCUT2D eigenvalue weighted by Crippen LogP contribution is -2.46. The van der Waals surface area contributed by atoms with E-state index in [0.29, 0.717) is 43.7 Å². The van der Waals surface area contributed by atoms with E-state index in [9.17, 15) is 27.2 Å². The van der Waals surface area contributed by atoms with Crippen molar-refractivity contribution in [2.75, 3.05) is 30.4 Å². The zero-order chi connectivity index (χ0) is 30.7. The fourth-order valence-electron chi connectivity index (χ4n) is 6.05. The van der Waals surface area contributed by atoms with Crippen molar-refractivity contribution in [3.8, 4) is 0 Å². The number of carbonyl (C=O) groups is 2. The fraction of sp³-hybridized carbons (Fsp3) is 0.394. The summed E-state index contributed by atoms with van der Waals surface area (Å²) in [5.74, 6) is -2.47. The molecule has 10 heteroatoms. The highest BCUT2D eigenvalue weighted by atomic mass is 19.4. The first-order chi connectivity index (χ1) is 20.5. The van der Waals surface area contributed by atoms with Crippen LogP contribution in [0.5, 0.6) is 0 Å². The molecule has 2 fully saturated rings. The Bertz CT molecular complexity index is 1450. The molecule has 0 spiro atoms. The summed E-state index contributed by atoms with van der Waals surface area (Å²) in [5, 5.41) is 6.16. The number of nitrogens with one attached hydrogen (secondary N) is 2. The maximum absolute atomic E-state index is 14.9. The van der Waals surface area contributed by atoms with Gasteiger partial charge in [0, 0.05) is 37.2 Å². The molecule has 228 valence electrons. The first-order valence-electron chi connectivity index (χ1n) is 14.5. The molecule has 2 amide bonds. The Hall–Kier alpha value is -3.92. The monoisotopic (exact) mass is 597 g/mol. The molecule has 0 aromatic heterocycles. The van der Waals surface area contributed by atoms with Gasteiger partial charge < -0.3 is 20.3 Å². The molecular formula is C33H35F4N3O3. The van der Waals surface area contributed by atoms with Crippen molar-refractivity contribution in [2.24, 2.45) is 5.92 Å². The summed E-state index contributed by atoms with van der Waals surface area (Å²) in [6.45, 7) is 4.69. The quantitative estimate of drug-likeness (QED) is 0.293.